The summed E-state index contributed by atoms with van der Waals surface area (Å²) in [5, 5.41) is 9.74. The van der Waals surface area contributed by atoms with E-state index in [1.807, 2.05) is 20.8 Å². The number of halogens is 1. The maximum atomic E-state index is 12.1. The van der Waals surface area contributed by atoms with E-state index in [4.69, 9.17) is 4.74 Å². The lowest BCUT2D eigenvalue weighted by Gasteiger charge is -2.12. The lowest BCUT2D eigenvalue weighted by Crippen LogP contribution is -2.22. The summed E-state index contributed by atoms with van der Waals surface area (Å²) >= 11 is 4.55. The summed E-state index contributed by atoms with van der Waals surface area (Å²) in [6.07, 6.45) is 3.13. The fourth-order valence-corrected chi connectivity index (χ4v) is 3.16. The number of nitrogens with one attached hydrogen (secondary N) is 1. The van der Waals surface area contributed by atoms with Crippen LogP contribution in [-0.4, -0.2) is 23.0 Å². The zero-order chi connectivity index (χ0) is 18.1. The summed E-state index contributed by atoms with van der Waals surface area (Å²) in [7, 11) is 1.45. The van der Waals surface area contributed by atoms with Crippen molar-refractivity contribution in [2.24, 2.45) is 5.41 Å². The Morgan fingerprint density at radius 2 is 2.04 bits per heavy atom. The number of aromatic nitrogens is 1. The van der Waals surface area contributed by atoms with Crippen molar-refractivity contribution in [2.45, 2.75) is 20.8 Å². The molecule has 24 heavy (non-hydrogen) atoms. The van der Waals surface area contributed by atoms with E-state index >= 15 is 0 Å². The number of carbonyl (C=O) groups excluding carboxylic acids is 1. The molecule has 0 fully saturated rings. The van der Waals surface area contributed by atoms with Gasteiger partial charge in [0.05, 0.1) is 16.3 Å². The fraction of sp³-hybridized carbons (Fsp3) is 0.294. The van der Waals surface area contributed by atoms with Gasteiger partial charge in [0.25, 0.3) is 5.56 Å². The van der Waals surface area contributed by atoms with Crippen molar-refractivity contribution < 1.29 is 14.6 Å². The van der Waals surface area contributed by atoms with Crippen LogP contribution in [0, 0.1) is 5.41 Å². The number of aromatic amines is 1. The minimum atomic E-state index is -0.502. The van der Waals surface area contributed by atoms with Crippen molar-refractivity contribution in [1.82, 2.24) is 4.98 Å². The molecule has 5 nitrogen and oxygen atoms in total. The molecule has 0 aliphatic heterocycles. The van der Waals surface area contributed by atoms with Crippen LogP contribution in [0.15, 0.2) is 21.4 Å². The summed E-state index contributed by atoms with van der Waals surface area (Å²) in [5.74, 6) is 0.262. The highest BCUT2D eigenvalue weighted by molar-refractivity contribution is 9.10. The van der Waals surface area contributed by atoms with Crippen LogP contribution in [0.1, 0.15) is 26.3 Å². The molecule has 128 valence electrons. The number of H-pyrrole nitrogens is 1. The first-order valence-electron chi connectivity index (χ1n) is 7.15. The van der Waals surface area contributed by atoms with Crippen molar-refractivity contribution in [1.29, 1.82) is 0 Å². The van der Waals surface area contributed by atoms with Gasteiger partial charge in [-0.05, 0) is 23.8 Å². The number of hydrogen-bond acceptors (Lipinski definition) is 5. The van der Waals surface area contributed by atoms with Crippen LogP contribution in [0.25, 0.3) is 12.2 Å². The van der Waals surface area contributed by atoms with Gasteiger partial charge in [0.2, 0.25) is 0 Å². The van der Waals surface area contributed by atoms with E-state index in [9.17, 15) is 14.7 Å². The van der Waals surface area contributed by atoms with Crippen molar-refractivity contribution in [3.05, 3.63) is 41.7 Å². The Morgan fingerprint density at radius 1 is 1.38 bits per heavy atom. The zero-order valence-corrected chi connectivity index (χ0v) is 16.2. The molecule has 1 heterocycles. The lowest BCUT2D eigenvalue weighted by molar-refractivity contribution is -0.119. The second-order valence-electron chi connectivity index (χ2n) is 6.23. The Bertz CT molecular complexity index is 950. The lowest BCUT2D eigenvalue weighted by atomic mass is 9.91. The molecule has 1 aromatic heterocycles. The van der Waals surface area contributed by atoms with Gasteiger partial charge in [-0.1, -0.05) is 36.7 Å². The number of hydrogen-bond donors (Lipinski definition) is 2. The summed E-state index contributed by atoms with van der Waals surface area (Å²) in [5.41, 5.74) is -0.0874. The van der Waals surface area contributed by atoms with Gasteiger partial charge in [-0.2, -0.15) is 0 Å². The molecule has 0 radical (unpaired) electrons. The standard InChI is InChI=1S/C17H18BrNO4S/c1-17(2,3)14(21)8-15-19-16(22)13(24-15)6-9-5-12(23-4)11(20)7-10(9)18/h5-8,20H,1-4H3,(H,19,22)/b13-6-,15-8-. The quantitative estimate of drug-likeness (QED) is 0.810. The normalized spacial score (nSPS) is 13.4. The summed E-state index contributed by atoms with van der Waals surface area (Å²) in [4.78, 5) is 26.8. The average Bonchev–Trinajstić information content (AvgIpc) is 2.80. The van der Waals surface area contributed by atoms with Crippen LogP contribution in [0.2, 0.25) is 0 Å². The number of benzene rings is 1. The molecule has 0 saturated heterocycles. The van der Waals surface area contributed by atoms with E-state index in [1.54, 1.807) is 12.1 Å². The van der Waals surface area contributed by atoms with Crippen molar-refractivity contribution in [2.75, 3.05) is 7.11 Å². The predicted molar refractivity (Wildman–Crippen MR) is 99.0 cm³/mol. The van der Waals surface area contributed by atoms with E-state index in [2.05, 4.69) is 20.9 Å². The van der Waals surface area contributed by atoms with Crippen LogP contribution in [0.5, 0.6) is 11.5 Å². The monoisotopic (exact) mass is 411 g/mol. The third-order valence-corrected chi connectivity index (χ3v) is 4.92. The molecule has 0 bridgehead atoms. The minimum absolute atomic E-state index is 0.00594. The predicted octanol–water partition coefficient (Wildman–Crippen LogP) is 2.14. The third-order valence-electron chi connectivity index (χ3n) is 3.27. The molecule has 7 heteroatoms. The smallest absolute Gasteiger partial charge is 0.266 e. The molecular formula is C17H18BrNO4S. The molecule has 2 N–H and O–H groups in total. The van der Waals surface area contributed by atoms with Crippen molar-refractivity contribution in [3.63, 3.8) is 0 Å². The van der Waals surface area contributed by atoms with Gasteiger partial charge < -0.3 is 14.8 Å². The molecule has 0 aliphatic rings. The molecule has 1 aromatic carbocycles. The van der Waals surface area contributed by atoms with Gasteiger partial charge in [-0.3, -0.25) is 9.59 Å². The molecular weight excluding hydrogens is 394 g/mol. The second-order valence-corrected chi connectivity index (χ2v) is 8.17. The number of ether oxygens (including phenoxy) is 1. The number of carbonyl (C=O) groups is 1. The molecule has 0 aliphatic carbocycles. The van der Waals surface area contributed by atoms with Crippen LogP contribution in [0.4, 0.5) is 0 Å². The van der Waals surface area contributed by atoms with E-state index < -0.39 is 5.41 Å². The molecule has 0 spiro atoms. The number of thiazole rings is 1. The topological polar surface area (TPSA) is 79.4 Å². The SMILES string of the molecule is COc1cc(/C=c2\s/c(=C\C(=O)C(C)(C)C)[nH]c2=O)c(Br)cc1O. The van der Waals surface area contributed by atoms with Gasteiger partial charge in [0.1, 0.15) is 0 Å². The van der Waals surface area contributed by atoms with Crippen LogP contribution in [-0.2, 0) is 4.79 Å². The van der Waals surface area contributed by atoms with Gasteiger partial charge in [0.15, 0.2) is 17.3 Å². The van der Waals surface area contributed by atoms with E-state index in [0.29, 0.717) is 25.0 Å². The second kappa shape index (κ2) is 6.94. The van der Waals surface area contributed by atoms with Crippen molar-refractivity contribution >= 4 is 45.2 Å². The van der Waals surface area contributed by atoms with Crippen LogP contribution in [0.3, 0.4) is 0 Å². The first kappa shape index (κ1) is 18.5. The van der Waals surface area contributed by atoms with Gasteiger partial charge >= 0.3 is 0 Å². The molecule has 2 rings (SSSR count). The van der Waals surface area contributed by atoms with Crippen LogP contribution < -0.4 is 19.5 Å². The summed E-state index contributed by atoms with van der Waals surface area (Å²) in [6, 6.07) is 3.13. The van der Waals surface area contributed by atoms with E-state index in [0.717, 1.165) is 0 Å². The number of rotatable bonds is 3. The average molecular weight is 412 g/mol. The van der Waals surface area contributed by atoms with Gasteiger partial charge in [-0.25, -0.2) is 0 Å². The number of Topliss-reactive ketones (excluding diaryl/α,β-unsaturated/α-hetero) is 1. The Kier molecular flexibility index (Phi) is 5.35. The molecule has 0 unspecified atom stereocenters. The number of phenolic OH excluding ortho intramolecular Hbond substituents is 1. The highest BCUT2D eigenvalue weighted by atomic mass is 79.9. The number of aromatic hydroxyl groups is 1. The highest BCUT2D eigenvalue weighted by Crippen LogP contribution is 2.32. The molecule has 0 saturated carbocycles. The summed E-state index contributed by atoms with van der Waals surface area (Å²) < 4.78 is 6.67. The number of ketones is 1. The molecule has 0 atom stereocenters. The molecule has 2 aromatic rings. The Morgan fingerprint density at radius 3 is 2.62 bits per heavy atom. The van der Waals surface area contributed by atoms with Gasteiger partial charge in [0, 0.05) is 16.0 Å². The maximum Gasteiger partial charge on any atom is 0.266 e. The van der Waals surface area contributed by atoms with Gasteiger partial charge in [-0.15, -0.1) is 11.3 Å². The zero-order valence-electron chi connectivity index (χ0n) is 13.8. The largest absolute Gasteiger partial charge is 0.504 e. The fourth-order valence-electron chi connectivity index (χ4n) is 1.83. The van der Waals surface area contributed by atoms with Crippen LogP contribution >= 0.6 is 27.3 Å². The number of phenols is 1. The first-order valence-corrected chi connectivity index (χ1v) is 8.76. The minimum Gasteiger partial charge on any atom is -0.504 e. The molecule has 0 amide bonds. The van der Waals surface area contributed by atoms with Crippen molar-refractivity contribution in [3.8, 4) is 11.5 Å². The Labute approximate surface area is 151 Å². The summed E-state index contributed by atoms with van der Waals surface area (Å²) in [6.45, 7) is 5.47. The van der Waals surface area contributed by atoms with E-state index in [1.165, 1.54) is 30.6 Å². The Balaban J connectivity index is 2.56. The first-order chi connectivity index (χ1) is 11.1. The van der Waals surface area contributed by atoms with E-state index in [-0.39, 0.29) is 17.1 Å². The number of methoxy groups -OCH3 is 1. The third kappa shape index (κ3) is 4.15. The Hall–Kier alpha value is -1.86. The maximum absolute atomic E-state index is 12.1. The highest BCUT2D eigenvalue weighted by Gasteiger charge is 2.18.